The average molecular weight is 285 g/mol. The first kappa shape index (κ1) is 15.0. The van der Waals surface area contributed by atoms with Crippen LogP contribution in [0.1, 0.15) is 18.9 Å². The fourth-order valence-electron chi connectivity index (χ4n) is 1.73. The van der Waals surface area contributed by atoms with Gasteiger partial charge in [0.2, 0.25) is 5.91 Å². The van der Waals surface area contributed by atoms with Crippen LogP contribution < -0.4 is 11.1 Å². The largest absolute Gasteiger partial charge is 0.352 e. The van der Waals surface area contributed by atoms with E-state index in [1.165, 1.54) is 15.6 Å². The lowest BCUT2D eigenvalue weighted by atomic mass is 10.2. The molecule has 1 amide bonds. The monoisotopic (exact) mass is 284 g/mol. The fourth-order valence-corrected chi connectivity index (χ4v) is 2.69. The summed E-state index contributed by atoms with van der Waals surface area (Å²) in [4.78, 5) is 11.5. The van der Waals surface area contributed by atoms with Gasteiger partial charge in [-0.05, 0) is 29.3 Å². The smallest absolute Gasteiger partial charge is 0.221 e. The van der Waals surface area contributed by atoms with Gasteiger partial charge in [-0.1, -0.05) is 18.2 Å². The first-order valence-electron chi connectivity index (χ1n) is 5.64. The fraction of sp³-hybridized carbons (Fsp3) is 0.308. The van der Waals surface area contributed by atoms with Crippen LogP contribution in [0.3, 0.4) is 0 Å². The van der Waals surface area contributed by atoms with E-state index < -0.39 is 0 Å². The van der Waals surface area contributed by atoms with Gasteiger partial charge < -0.3 is 11.1 Å². The summed E-state index contributed by atoms with van der Waals surface area (Å²) in [6.45, 7) is 2.41. The van der Waals surface area contributed by atoms with E-state index in [9.17, 15) is 4.79 Å². The van der Waals surface area contributed by atoms with Crippen molar-refractivity contribution in [3.8, 4) is 0 Å². The number of carbonyl (C=O) groups is 1. The van der Waals surface area contributed by atoms with Crippen LogP contribution in [0, 0.1) is 0 Å². The van der Waals surface area contributed by atoms with Crippen molar-refractivity contribution in [2.75, 3.05) is 0 Å². The highest BCUT2D eigenvalue weighted by Gasteiger charge is 2.07. The number of nitrogens with one attached hydrogen (secondary N) is 1. The maximum Gasteiger partial charge on any atom is 0.221 e. The number of amides is 1. The van der Waals surface area contributed by atoms with E-state index >= 15 is 0 Å². The Labute approximate surface area is 117 Å². The second kappa shape index (κ2) is 6.73. The Hall–Kier alpha value is -1.10. The predicted molar refractivity (Wildman–Crippen MR) is 79.2 cm³/mol. The molecule has 0 saturated heterocycles. The molecule has 0 bridgehead atoms. The number of benzene rings is 1. The minimum Gasteiger partial charge on any atom is -0.352 e. The van der Waals surface area contributed by atoms with E-state index in [0.717, 1.165) is 0 Å². The summed E-state index contributed by atoms with van der Waals surface area (Å²) in [5.41, 5.74) is 6.74. The molecule has 0 radical (unpaired) electrons. The highest BCUT2D eigenvalue weighted by Crippen LogP contribution is 2.25. The quantitative estimate of drug-likeness (QED) is 0.907. The van der Waals surface area contributed by atoms with Crippen molar-refractivity contribution in [2.45, 2.75) is 25.9 Å². The van der Waals surface area contributed by atoms with Crippen molar-refractivity contribution in [2.24, 2.45) is 5.73 Å². The van der Waals surface area contributed by atoms with Gasteiger partial charge in [-0.2, -0.15) is 0 Å². The van der Waals surface area contributed by atoms with E-state index in [2.05, 4.69) is 22.8 Å². The molecule has 1 aromatic carbocycles. The lowest BCUT2D eigenvalue weighted by Gasteiger charge is -2.06. The lowest BCUT2D eigenvalue weighted by molar-refractivity contribution is -0.121. The van der Waals surface area contributed by atoms with Crippen LogP contribution in [0.2, 0.25) is 0 Å². The van der Waals surface area contributed by atoms with Crippen molar-refractivity contribution in [3.63, 3.8) is 0 Å². The first-order valence-corrected chi connectivity index (χ1v) is 6.52. The second-order valence-electron chi connectivity index (χ2n) is 4.22. The van der Waals surface area contributed by atoms with Crippen LogP contribution >= 0.6 is 23.7 Å². The molecule has 3 N–H and O–H groups in total. The highest BCUT2D eigenvalue weighted by atomic mass is 35.5. The zero-order chi connectivity index (χ0) is 12.3. The van der Waals surface area contributed by atoms with Crippen LogP contribution in [-0.4, -0.2) is 11.9 Å². The highest BCUT2D eigenvalue weighted by molar-refractivity contribution is 7.17. The Morgan fingerprint density at radius 3 is 2.89 bits per heavy atom. The molecule has 1 unspecified atom stereocenters. The van der Waals surface area contributed by atoms with Gasteiger partial charge in [0.25, 0.3) is 0 Å². The summed E-state index contributed by atoms with van der Waals surface area (Å²) < 4.78 is 1.25. The van der Waals surface area contributed by atoms with Crippen LogP contribution in [0.5, 0.6) is 0 Å². The number of hydrogen-bond acceptors (Lipinski definition) is 3. The molecule has 0 saturated carbocycles. The maximum atomic E-state index is 11.5. The van der Waals surface area contributed by atoms with Gasteiger partial charge >= 0.3 is 0 Å². The summed E-state index contributed by atoms with van der Waals surface area (Å²) in [5, 5.41) is 6.21. The summed E-state index contributed by atoms with van der Waals surface area (Å²) in [5.74, 6) is 0.00952. The lowest BCUT2D eigenvalue weighted by Crippen LogP contribution is -2.29. The molecule has 2 aromatic rings. The topological polar surface area (TPSA) is 55.1 Å². The van der Waals surface area contributed by atoms with Crippen molar-refractivity contribution < 1.29 is 4.79 Å². The molecule has 3 nitrogen and oxygen atoms in total. The third kappa shape index (κ3) is 3.70. The number of halogens is 1. The molecule has 0 aliphatic carbocycles. The minimum atomic E-state index is -0.0887. The van der Waals surface area contributed by atoms with E-state index in [4.69, 9.17) is 5.73 Å². The van der Waals surface area contributed by atoms with Crippen molar-refractivity contribution in [1.29, 1.82) is 0 Å². The molecular weight excluding hydrogens is 268 g/mol. The van der Waals surface area contributed by atoms with Crippen LogP contribution in [0.15, 0.2) is 29.6 Å². The first-order chi connectivity index (χ1) is 8.16. The molecule has 0 aliphatic heterocycles. The Morgan fingerprint density at radius 1 is 1.44 bits per heavy atom. The molecule has 18 heavy (non-hydrogen) atoms. The second-order valence-corrected chi connectivity index (χ2v) is 5.13. The molecule has 1 aromatic heterocycles. The average Bonchev–Trinajstić information content (AvgIpc) is 2.69. The van der Waals surface area contributed by atoms with Gasteiger partial charge in [0, 0.05) is 23.7 Å². The number of rotatable bonds is 4. The molecule has 1 heterocycles. The zero-order valence-corrected chi connectivity index (χ0v) is 11.8. The van der Waals surface area contributed by atoms with Crippen LogP contribution in [0.4, 0.5) is 0 Å². The Morgan fingerprint density at radius 2 is 2.17 bits per heavy atom. The Balaban J connectivity index is 0.00000162. The van der Waals surface area contributed by atoms with Crippen molar-refractivity contribution >= 4 is 39.7 Å². The zero-order valence-electron chi connectivity index (χ0n) is 10.2. The number of thiophene rings is 1. The van der Waals surface area contributed by atoms with Gasteiger partial charge in [0.15, 0.2) is 0 Å². The minimum absolute atomic E-state index is 0. The van der Waals surface area contributed by atoms with Crippen LogP contribution in [0.25, 0.3) is 10.1 Å². The van der Waals surface area contributed by atoms with Gasteiger partial charge in [0.1, 0.15) is 0 Å². The number of fused-ring (bicyclic) bond motifs is 1. The van der Waals surface area contributed by atoms with E-state index in [1.54, 1.807) is 11.3 Å². The van der Waals surface area contributed by atoms with Crippen LogP contribution in [-0.2, 0) is 11.3 Å². The maximum absolute atomic E-state index is 11.5. The molecule has 0 fully saturated rings. The van der Waals surface area contributed by atoms with Gasteiger partial charge in [-0.15, -0.1) is 23.7 Å². The van der Waals surface area contributed by atoms with Crippen molar-refractivity contribution in [3.05, 3.63) is 35.2 Å². The van der Waals surface area contributed by atoms with Crippen molar-refractivity contribution in [1.82, 2.24) is 5.32 Å². The molecular formula is C13H17ClN2OS. The van der Waals surface area contributed by atoms with E-state index in [0.29, 0.717) is 13.0 Å². The number of nitrogens with two attached hydrogens (primary N) is 1. The predicted octanol–water partition coefficient (Wildman–Crippen LogP) is 2.68. The number of carbonyl (C=O) groups excluding carboxylic acids is 1. The summed E-state index contributed by atoms with van der Waals surface area (Å²) in [6.07, 6.45) is 0.377. The molecule has 0 aliphatic rings. The Kier molecular flexibility index (Phi) is 5.59. The standard InChI is InChI=1S/C13H16N2OS.ClH/c1-9(14)6-13(16)15-7-10-8-17-12-5-3-2-4-11(10)12;/h2-5,8-9H,6-7,14H2,1H3,(H,15,16);1H. The molecule has 98 valence electrons. The summed E-state index contributed by atoms with van der Waals surface area (Å²) in [6, 6.07) is 8.13. The SMILES string of the molecule is CC(N)CC(=O)NCc1csc2ccccc12.Cl. The van der Waals surface area contributed by atoms with E-state index in [1.807, 2.05) is 19.1 Å². The summed E-state index contributed by atoms with van der Waals surface area (Å²) >= 11 is 1.70. The normalized spacial score (nSPS) is 11.9. The van der Waals surface area contributed by atoms with Gasteiger partial charge in [-0.3, -0.25) is 4.79 Å². The number of hydrogen-bond donors (Lipinski definition) is 2. The molecule has 1 atom stereocenters. The van der Waals surface area contributed by atoms with Gasteiger partial charge in [0.05, 0.1) is 0 Å². The molecule has 0 spiro atoms. The Bertz CT molecular complexity index is 524. The third-order valence-electron chi connectivity index (χ3n) is 2.54. The molecule has 5 heteroatoms. The summed E-state index contributed by atoms with van der Waals surface area (Å²) in [7, 11) is 0. The van der Waals surface area contributed by atoms with E-state index in [-0.39, 0.29) is 24.4 Å². The molecule has 2 rings (SSSR count). The van der Waals surface area contributed by atoms with Gasteiger partial charge in [-0.25, -0.2) is 0 Å². The third-order valence-corrected chi connectivity index (χ3v) is 3.56.